The van der Waals surface area contributed by atoms with E-state index in [1.165, 1.54) is 10.2 Å². The zero-order chi connectivity index (χ0) is 15.2. The Labute approximate surface area is 129 Å². The first-order valence-corrected chi connectivity index (χ1v) is 7.60. The van der Waals surface area contributed by atoms with E-state index in [2.05, 4.69) is 41.6 Å². The second kappa shape index (κ2) is 7.27. The van der Waals surface area contributed by atoms with E-state index in [0.29, 0.717) is 18.8 Å². The van der Waals surface area contributed by atoms with Crippen molar-refractivity contribution in [3.8, 4) is 0 Å². The molecule has 112 valence electrons. The summed E-state index contributed by atoms with van der Waals surface area (Å²) in [4.78, 5) is 12.0. The molecule has 0 aliphatic heterocycles. The van der Waals surface area contributed by atoms with Crippen molar-refractivity contribution in [2.24, 2.45) is 0 Å². The molecule has 0 amide bonds. The number of nitrogens with one attached hydrogen (secondary N) is 1. The van der Waals surface area contributed by atoms with Gasteiger partial charge in [-0.25, -0.2) is 4.68 Å². The van der Waals surface area contributed by atoms with Gasteiger partial charge in [-0.05, 0) is 24.0 Å². The van der Waals surface area contributed by atoms with E-state index >= 15 is 0 Å². The number of anilines is 1. The number of hydrogen-bond donors (Lipinski definition) is 1. The fourth-order valence-electron chi connectivity index (χ4n) is 2.05. The molecule has 0 saturated heterocycles. The first-order chi connectivity index (χ1) is 10.2. The van der Waals surface area contributed by atoms with Crippen LogP contribution in [0.4, 0.5) is 5.69 Å². The molecule has 1 heterocycles. The van der Waals surface area contributed by atoms with Crippen molar-refractivity contribution < 1.29 is 0 Å². The van der Waals surface area contributed by atoms with Gasteiger partial charge < -0.3 is 5.32 Å². The van der Waals surface area contributed by atoms with Gasteiger partial charge in [-0.15, -0.1) is 0 Å². The number of halogens is 1. The lowest BCUT2D eigenvalue weighted by Crippen LogP contribution is -2.24. The molecule has 0 unspecified atom stereocenters. The van der Waals surface area contributed by atoms with Gasteiger partial charge in [-0.3, -0.25) is 4.79 Å². The van der Waals surface area contributed by atoms with Crippen LogP contribution in [0.5, 0.6) is 0 Å². The van der Waals surface area contributed by atoms with Crippen LogP contribution in [0, 0.1) is 0 Å². The topological polar surface area (TPSA) is 46.9 Å². The highest BCUT2D eigenvalue weighted by Gasteiger charge is 2.08. The summed E-state index contributed by atoms with van der Waals surface area (Å²) >= 11 is 6.11. The fraction of sp³-hybridized carbons (Fsp3) is 0.375. The highest BCUT2D eigenvalue weighted by Crippen LogP contribution is 2.16. The van der Waals surface area contributed by atoms with E-state index in [4.69, 9.17) is 11.6 Å². The molecule has 0 fully saturated rings. The Bertz CT molecular complexity index is 650. The third kappa shape index (κ3) is 3.85. The number of aryl methyl sites for hydroxylation is 2. The van der Waals surface area contributed by atoms with E-state index < -0.39 is 0 Å². The van der Waals surface area contributed by atoms with Crippen molar-refractivity contribution in [3.63, 3.8) is 0 Å². The molecule has 0 aliphatic carbocycles. The predicted octanol–water partition coefficient (Wildman–Crippen LogP) is 3.48. The molecular formula is C16H20ClN3O. The summed E-state index contributed by atoms with van der Waals surface area (Å²) in [5.41, 5.74) is 2.78. The SMILES string of the molecule is CCCn1ncc(NCc2ccc(CC)cc2)c(Cl)c1=O. The van der Waals surface area contributed by atoms with Crippen molar-refractivity contribution in [1.29, 1.82) is 0 Å². The molecule has 2 rings (SSSR count). The highest BCUT2D eigenvalue weighted by molar-refractivity contribution is 6.32. The van der Waals surface area contributed by atoms with E-state index in [1.807, 2.05) is 6.92 Å². The maximum absolute atomic E-state index is 12.0. The molecule has 4 nitrogen and oxygen atoms in total. The van der Waals surface area contributed by atoms with Crippen molar-refractivity contribution in [1.82, 2.24) is 9.78 Å². The average Bonchev–Trinajstić information content (AvgIpc) is 2.52. The second-order valence-electron chi connectivity index (χ2n) is 4.92. The number of aromatic nitrogens is 2. The first-order valence-electron chi connectivity index (χ1n) is 7.23. The summed E-state index contributed by atoms with van der Waals surface area (Å²) < 4.78 is 1.39. The largest absolute Gasteiger partial charge is 0.378 e. The van der Waals surface area contributed by atoms with Gasteiger partial charge in [0.1, 0.15) is 5.02 Å². The first kappa shape index (κ1) is 15.6. The number of rotatable bonds is 6. The van der Waals surface area contributed by atoms with Crippen molar-refractivity contribution in [2.75, 3.05) is 5.32 Å². The molecule has 0 bridgehead atoms. The van der Waals surface area contributed by atoms with Gasteiger partial charge in [0.15, 0.2) is 0 Å². The Morgan fingerprint density at radius 3 is 2.48 bits per heavy atom. The summed E-state index contributed by atoms with van der Waals surface area (Å²) in [7, 11) is 0. The van der Waals surface area contributed by atoms with E-state index in [1.54, 1.807) is 6.20 Å². The Hall–Kier alpha value is -1.81. The monoisotopic (exact) mass is 305 g/mol. The minimum atomic E-state index is -0.246. The molecule has 2 aromatic rings. The molecule has 0 atom stereocenters. The van der Waals surface area contributed by atoms with Crippen LogP contribution >= 0.6 is 11.6 Å². The summed E-state index contributed by atoms with van der Waals surface area (Å²) in [6.45, 7) is 5.32. The van der Waals surface area contributed by atoms with Crippen molar-refractivity contribution >= 4 is 17.3 Å². The Morgan fingerprint density at radius 2 is 1.86 bits per heavy atom. The third-order valence-corrected chi connectivity index (χ3v) is 3.70. The summed E-state index contributed by atoms with van der Waals surface area (Å²) in [6, 6.07) is 8.36. The van der Waals surface area contributed by atoms with E-state index in [-0.39, 0.29) is 10.6 Å². The molecule has 0 saturated carbocycles. The third-order valence-electron chi connectivity index (χ3n) is 3.33. The normalized spacial score (nSPS) is 10.6. The summed E-state index contributed by atoms with van der Waals surface area (Å²) in [5, 5.41) is 7.49. The van der Waals surface area contributed by atoms with Gasteiger partial charge in [0.2, 0.25) is 0 Å². The van der Waals surface area contributed by atoms with E-state index in [0.717, 1.165) is 18.4 Å². The second-order valence-corrected chi connectivity index (χ2v) is 5.30. The minimum absolute atomic E-state index is 0.198. The predicted molar refractivity (Wildman–Crippen MR) is 86.9 cm³/mol. The fourth-order valence-corrected chi connectivity index (χ4v) is 2.26. The lowest BCUT2D eigenvalue weighted by molar-refractivity contribution is 0.568. The Morgan fingerprint density at radius 1 is 1.19 bits per heavy atom. The summed E-state index contributed by atoms with van der Waals surface area (Å²) in [5.74, 6) is 0. The maximum atomic E-state index is 12.0. The van der Waals surface area contributed by atoms with Crippen LogP contribution in [0.25, 0.3) is 0 Å². The van der Waals surface area contributed by atoms with Crippen LogP contribution in [-0.2, 0) is 19.5 Å². The van der Waals surface area contributed by atoms with Crippen LogP contribution in [0.2, 0.25) is 5.02 Å². The van der Waals surface area contributed by atoms with Gasteiger partial charge in [-0.2, -0.15) is 5.10 Å². The average molecular weight is 306 g/mol. The van der Waals surface area contributed by atoms with Crippen LogP contribution in [0.1, 0.15) is 31.4 Å². The lowest BCUT2D eigenvalue weighted by atomic mass is 10.1. The molecule has 1 N–H and O–H groups in total. The van der Waals surface area contributed by atoms with Crippen molar-refractivity contribution in [3.05, 3.63) is 57.0 Å². The Kier molecular flexibility index (Phi) is 5.39. The highest BCUT2D eigenvalue weighted by atomic mass is 35.5. The van der Waals surface area contributed by atoms with Crippen LogP contribution in [-0.4, -0.2) is 9.78 Å². The molecule has 0 radical (unpaired) electrons. The van der Waals surface area contributed by atoms with Gasteiger partial charge in [0.05, 0.1) is 11.9 Å². The standard InChI is InChI=1S/C16H20ClN3O/c1-3-9-20-16(21)15(17)14(11-19-20)18-10-13-7-5-12(4-2)6-8-13/h5-8,11,18H,3-4,9-10H2,1-2H3. The zero-order valence-electron chi connectivity index (χ0n) is 12.4. The molecular weight excluding hydrogens is 286 g/mol. The Balaban J connectivity index is 2.09. The molecule has 0 aliphatic rings. The zero-order valence-corrected chi connectivity index (χ0v) is 13.2. The number of nitrogens with zero attached hydrogens (tertiary/aromatic N) is 2. The van der Waals surface area contributed by atoms with Gasteiger partial charge in [-0.1, -0.05) is 49.7 Å². The smallest absolute Gasteiger partial charge is 0.287 e. The molecule has 21 heavy (non-hydrogen) atoms. The number of hydrogen-bond acceptors (Lipinski definition) is 3. The van der Waals surface area contributed by atoms with Crippen LogP contribution < -0.4 is 10.9 Å². The molecule has 5 heteroatoms. The van der Waals surface area contributed by atoms with Crippen molar-refractivity contribution in [2.45, 2.75) is 39.8 Å². The number of benzene rings is 1. The maximum Gasteiger partial charge on any atom is 0.287 e. The minimum Gasteiger partial charge on any atom is -0.378 e. The van der Waals surface area contributed by atoms with Crippen LogP contribution in [0.15, 0.2) is 35.3 Å². The molecule has 1 aromatic heterocycles. The van der Waals surface area contributed by atoms with Crippen LogP contribution in [0.3, 0.4) is 0 Å². The van der Waals surface area contributed by atoms with E-state index in [9.17, 15) is 4.79 Å². The quantitative estimate of drug-likeness (QED) is 0.889. The van der Waals surface area contributed by atoms with Gasteiger partial charge >= 0.3 is 0 Å². The molecule has 0 spiro atoms. The summed E-state index contributed by atoms with van der Waals surface area (Å²) in [6.07, 6.45) is 3.48. The van der Waals surface area contributed by atoms with Gasteiger partial charge in [0, 0.05) is 13.1 Å². The molecule has 1 aromatic carbocycles. The lowest BCUT2D eigenvalue weighted by Gasteiger charge is -2.10. The van der Waals surface area contributed by atoms with Gasteiger partial charge in [0.25, 0.3) is 5.56 Å².